The number of nitrogens with zero attached hydrogens (tertiary/aromatic N) is 1. The molecule has 0 saturated carbocycles. The van der Waals surface area contributed by atoms with Crippen molar-refractivity contribution in [1.29, 1.82) is 0 Å². The number of rotatable bonds is 3. The van der Waals surface area contributed by atoms with Gasteiger partial charge in [0.05, 0.1) is 6.42 Å². The second kappa shape index (κ2) is 4.12. The van der Waals surface area contributed by atoms with Crippen LogP contribution in [0.5, 0.6) is 0 Å². The van der Waals surface area contributed by atoms with Crippen molar-refractivity contribution < 1.29 is 9.90 Å². The standard InChI is InChI=1S/C12H23NO2/c1-11(2,3)12(4,9-10(14)15)13-7-5-6-8-13/h5-9H2,1-4H3,(H,14,15). The van der Waals surface area contributed by atoms with Crippen LogP contribution in [0.1, 0.15) is 47.0 Å². The fourth-order valence-electron chi connectivity index (χ4n) is 2.36. The molecule has 0 aliphatic carbocycles. The van der Waals surface area contributed by atoms with E-state index in [0.29, 0.717) is 0 Å². The highest BCUT2D eigenvalue weighted by Gasteiger charge is 2.44. The van der Waals surface area contributed by atoms with Gasteiger partial charge in [-0.3, -0.25) is 9.69 Å². The Balaban J connectivity index is 2.89. The molecule has 1 fully saturated rings. The van der Waals surface area contributed by atoms with E-state index in [0.717, 1.165) is 13.1 Å². The summed E-state index contributed by atoms with van der Waals surface area (Å²) < 4.78 is 0. The molecule has 1 atom stereocenters. The quantitative estimate of drug-likeness (QED) is 0.782. The summed E-state index contributed by atoms with van der Waals surface area (Å²) in [5.41, 5.74) is -0.231. The van der Waals surface area contributed by atoms with Gasteiger partial charge in [-0.1, -0.05) is 20.8 Å². The van der Waals surface area contributed by atoms with Gasteiger partial charge in [-0.15, -0.1) is 0 Å². The molecule has 0 amide bonds. The zero-order valence-corrected chi connectivity index (χ0v) is 10.3. The average Bonchev–Trinajstić information content (AvgIpc) is 2.51. The van der Waals surface area contributed by atoms with Crippen molar-refractivity contribution in [1.82, 2.24) is 4.90 Å². The largest absolute Gasteiger partial charge is 0.481 e. The summed E-state index contributed by atoms with van der Waals surface area (Å²) >= 11 is 0. The lowest BCUT2D eigenvalue weighted by Crippen LogP contribution is -2.55. The number of aliphatic carboxylic acids is 1. The molecular weight excluding hydrogens is 190 g/mol. The van der Waals surface area contributed by atoms with Crippen LogP contribution in [0.3, 0.4) is 0 Å². The topological polar surface area (TPSA) is 40.5 Å². The molecule has 1 unspecified atom stereocenters. The molecule has 1 N–H and O–H groups in total. The number of carboxylic acids is 1. The number of hydrogen-bond acceptors (Lipinski definition) is 2. The lowest BCUT2D eigenvalue weighted by molar-refractivity contribution is -0.142. The van der Waals surface area contributed by atoms with E-state index < -0.39 is 5.97 Å². The van der Waals surface area contributed by atoms with Crippen LogP contribution in [0.4, 0.5) is 0 Å². The Hall–Kier alpha value is -0.570. The Morgan fingerprint density at radius 3 is 2.00 bits per heavy atom. The van der Waals surface area contributed by atoms with Gasteiger partial charge in [0.2, 0.25) is 0 Å². The lowest BCUT2D eigenvalue weighted by Gasteiger charge is -2.48. The maximum Gasteiger partial charge on any atom is 0.305 e. The molecule has 1 aliphatic rings. The van der Waals surface area contributed by atoms with E-state index in [1.807, 2.05) is 0 Å². The first-order chi connectivity index (χ1) is 6.77. The molecule has 1 aliphatic heterocycles. The normalized spacial score (nSPS) is 22.7. The van der Waals surface area contributed by atoms with Crippen molar-refractivity contribution in [3.05, 3.63) is 0 Å². The summed E-state index contributed by atoms with van der Waals surface area (Å²) in [4.78, 5) is 13.3. The number of carboxylic acid groups (broad SMARTS) is 1. The maximum absolute atomic E-state index is 11.0. The van der Waals surface area contributed by atoms with Crippen LogP contribution in [-0.2, 0) is 4.79 Å². The van der Waals surface area contributed by atoms with Gasteiger partial charge in [-0.2, -0.15) is 0 Å². The van der Waals surface area contributed by atoms with Gasteiger partial charge in [0.15, 0.2) is 0 Å². The third kappa shape index (κ3) is 2.51. The Labute approximate surface area is 92.5 Å². The predicted octanol–water partition coefficient (Wildman–Crippen LogP) is 2.36. The van der Waals surface area contributed by atoms with Crippen LogP contribution in [0.2, 0.25) is 0 Å². The molecule has 0 radical (unpaired) electrons. The molecule has 15 heavy (non-hydrogen) atoms. The van der Waals surface area contributed by atoms with Crippen molar-refractivity contribution in [2.24, 2.45) is 5.41 Å². The first-order valence-electron chi connectivity index (χ1n) is 5.74. The second-order valence-electron chi connectivity index (χ2n) is 5.79. The fourth-order valence-corrected chi connectivity index (χ4v) is 2.36. The van der Waals surface area contributed by atoms with Gasteiger partial charge in [0, 0.05) is 5.54 Å². The summed E-state index contributed by atoms with van der Waals surface area (Å²) in [5.74, 6) is -0.695. The summed E-state index contributed by atoms with van der Waals surface area (Å²) in [5, 5.41) is 9.05. The predicted molar refractivity (Wildman–Crippen MR) is 60.9 cm³/mol. The molecule has 1 heterocycles. The molecule has 0 aromatic heterocycles. The van der Waals surface area contributed by atoms with Crippen molar-refractivity contribution in [2.75, 3.05) is 13.1 Å². The molecule has 0 spiro atoms. The molecule has 0 bridgehead atoms. The highest BCUT2D eigenvalue weighted by atomic mass is 16.4. The molecule has 1 saturated heterocycles. The summed E-state index contributed by atoms with van der Waals surface area (Å²) in [6, 6.07) is 0. The minimum Gasteiger partial charge on any atom is -0.481 e. The molecule has 3 nitrogen and oxygen atoms in total. The Morgan fingerprint density at radius 1 is 1.20 bits per heavy atom. The van der Waals surface area contributed by atoms with Crippen LogP contribution in [0.25, 0.3) is 0 Å². The second-order valence-corrected chi connectivity index (χ2v) is 5.79. The molecule has 1 rings (SSSR count). The first kappa shape index (κ1) is 12.5. The Morgan fingerprint density at radius 2 is 1.67 bits per heavy atom. The van der Waals surface area contributed by atoms with E-state index in [1.54, 1.807) is 0 Å². The summed E-state index contributed by atoms with van der Waals surface area (Å²) in [6.07, 6.45) is 2.63. The van der Waals surface area contributed by atoms with Crippen LogP contribution < -0.4 is 0 Å². The Kier molecular flexibility index (Phi) is 3.44. The molecule has 3 heteroatoms. The smallest absolute Gasteiger partial charge is 0.305 e. The van der Waals surface area contributed by atoms with E-state index in [1.165, 1.54) is 12.8 Å². The first-order valence-corrected chi connectivity index (χ1v) is 5.74. The van der Waals surface area contributed by atoms with E-state index in [2.05, 4.69) is 32.6 Å². The van der Waals surface area contributed by atoms with Crippen LogP contribution >= 0.6 is 0 Å². The monoisotopic (exact) mass is 213 g/mol. The third-order valence-electron chi connectivity index (χ3n) is 3.92. The van der Waals surface area contributed by atoms with Crippen LogP contribution in [0.15, 0.2) is 0 Å². The van der Waals surface area contributed by atoms with E-state index in [4.69, 9.17) is 5.11 Å². The highest BCUT2D eigenvalue weighted by Crippen LogP contribution is 2.40. The summed E-state index contributed by atoms with van der Waals surface area (Å²) in [6.45, 7) is 10.6. The van der Waals surface area contributed by atoms with Gasteiger partial charge < -0.3 is 5.11 Å². The zero-order valence-electron chi connectivity index (χ0n) is 10.3. The van der Waals surface area contributed by atoms with Gasteiger partial charge in [0.25, 0.3) is 0 Å². The number of carbonyl (C=O) groups is 1. The van der Waals surface area contributed by atoms with Crippen LogP contribution in [-0.4, -0.2) is 34.6 Å². The zero-order chi connectivity index (χ0) is 11.7. The van der Waals surface area contributed by atoms with Gasteiger partial charge in [0.1, 0.15) is 0 Å². The SMILES string of the molecule is CC(C)(C)C(C)(CC(=O)O)N1CCCC1. The number of likely N-dealkylation sites (tertiary alicyclic amines) is 1. The van der Waals surface area contributed by atoms with E-state index in [9.17, 15) is 4.79 Å². The third-order valence-corrected chi connectivity index (χ3v) is 3.92. The minimum atomic E-state index is -0.695. The van der Waals surface area contributed by atoms with Gasteiger partial charge >= 0.3 is 5.97 Å². The van der Waals surface area contributed by atoms with Crippen molar-refractivity contribution in [2.45, 2.75) is 52.5 Å². The molecular formula is C12H23NO2. The fraction of sp³-hybridized carbons (Fsp3) is 0.917. The molecule has 0 aromatic carbocycles. The molecule has 0 aromatic rings. The van der Waals surface area contributed by atoms with Crippen molar-refractivity contribution in [3.63, 3.8) is 0 Å². The Bertz CT molecular complexity index is 238. The summed E-state index contributed by atoms with van der Waals surface area (Å²) in [7, 11) is 0. The maximum atomic E-state index is 11.0. The minimum absolute atomic E-state index is 0.00424. The van der Waals surface area contributed by atoms with E-state index >= 15 is 0 Å². The molecule has 88 valence electrons. The van der Waals surface area contributed by atoms with Crippen molar-refractivity contribution >= 4 is 5.97 Å². The lowest BCUT2D eigenvalue weighted by atomic mass is 9.71. The average molecular weight is 213 g/mol. The van der Waals surface area contributed by atoms with E-state index in [-0.39, 0.29) is 17.4 Å². The highest BCUT2D eigenvalue weighted by molar-refractivity contribution is 5.68. The van der Waals surface area contributed by atoms with Crippen molar-refractivity contribution in [3.8, 4) is 0 Å². The van der Waals surface area contributed by atoms with Gasteiger partial charge in [-0.25, -0.2) is 0 Å². The van der Waals surface area contributed by atoms with Crippen LogP contribution in [0, 0.1) is 5.41 Å². The van der Waals surface area contributed by atoms with Gasteiger partial charge in [-0.05, 0) is 38.3 Å². The number of hydrogen-bond donors (Lipinski definition) is 1.